The minimum absolute atomic E-state index is 0.109. The highest BCUT2D eigenvalue weighted by Gasteiger charge is 2.38. The standard InChI is InChI=1S/C32H47N3O5/c1-10-22(5)35(30(37)27(20-21(3)4)34-31(38)40-32(6,7)8)28(24-14-12-23(11-2)13-15-24)29(36)33-25-16-18-26(39-9)19-17-25/h12-19,21-22,27-28H,10-11,20H2,1-9H3,(H,33,36)(H,34,38). The number of nitrogens with zero attached hydrogens (tertiary/aromatic N) is 1. The third kappa shape index (κ3) is 9.57. The number of amides is 3. The Labute approximate surface area is 239 Å². The molecule has 3 amide bonds. The number of ether oxygens (including phenoxy) is 2. The van der Waals surface area contributed by atoms with Crippen LogP contribution in [0.5, 0.6) is 5.75 Å². The Hall–Kier alpha value is -3.55. The van der Waals surface area contributed by atoms with Gasteiger partial charge in [0, 0.05) is 11.7 Å². The Morgan fingerprint density at radius 1 is 0.925 bits per heavy atom. The first-order valence-corrected chi connectivity index (χ1v) is 14.1. The molecule has 0 heterocycles. The molecule has 220 valence electrons. The summed E-state index contributed by atoms with van der Waals surface area (Å²) in [6.07, 6.45) is 1.20. The van der Waals surface area contributed by atoms with E-state index < -0.39 is 23.8 Å². The summed E-state index contributed by atoms with van der Waals surface area (Å²) in [6, 6.07) is 12.7. The van der Waals surface area contributed by atoms with Gasteiger partial charge in [0.25, 0.3) is 5.91 Å². The second-order valence-electron chi connectivity index (χ2n) is 11.5. The number of carbonyl (C=O) groups excluding carboxylic acids is 3. The van der Waals surface area contributed by atoms with Crippen molar-refractivity contribution >= 4 is 23.6 Å². The van der Waals surface area contributed by atoms with Gasteiger partial charge in [-0.25, -0.2) is 4.79 Å². The van der Waals surface area contributed by atoms with E-state index >= 15 is 0 Å². The fraction of sp³-hybridized carbons (Fsp3) is 0.531. The molecule has 8 nitrogen and oxygen atoms in total. The lowest BCUT2D eigenvalue weighted by molar-refractivity contribution is -0.143. The van der Waals surface area contributed by atoms with Crippen molar-refractivity contribution < 1.29 is 23.9 Å². The molecule has 3 unspecified atom stereocenters. The van der Waals surface area contributed by atoms with Crippen LogP contribution in [0.15, 0.2) is 48.5 Å². The van der Waals surface area contributed by atoms with Gasteiger partial charge < -0.3 is 25.0 Å². The summed E-state index contributed by atoms with van der Waals surface area (Å²) < 4.78 is 10.7. The van der Waals surface area contributed by atoms with Crippen molar-refractivity contribution in [3.8, 4) is 5.75 Å². The number of nitrogens with one attached hydrogen (secondary N) is 2. The van der Waals surface area contributed by atoms with E-state index in [0.29, 0.717) is 29.8 Å². The Kier molecular flexibility index (Phi) is 12.0. The van der Waals surface area contributed by atoms with Gasteiger partial charge in [0.05, 0.1) is 7.11 Å². The van der Waals surface area contributed by atoms with Gasteiger partial charge in [-0.1, -0.05) is 52.0 Å². The number of aryl methyl sites for hydroxylation is 1. The van der Waals surface area contributed by atoms with E-state index in [2.05, 4.69) is 17.6 Å². The number of hydrogen-bond acceptors (Lipinski definition) is 5. The zero-order valence-electron chi connectivity index (χ0n) is 25.5. The molecule has 2 aromatic rings. The van der Waals surface area contributed by atoms with Crippen LogP contribution >= 0.6 is 0 Å². The van der Waals surface area contributed by atoms with E-state index in [1.165, 1.54) is 0 Å². The summed E-state index contributed by atoms with van der Waals surface area (Å²) in [5, 5.41) is 5.78. The minimum atomic E-state index is -0.925. The van der Waals surface area contributed by atoms with Crippen LogP contribution in [0, 0.1) is 5.92 Å². The average Bonchev–Trinajstić information content (AvgIpc) is 2.89. The zero-order valence-corrected chi connectivity index (χ0v) is 25.5. The Morgan fingerprint density at radius 3 is 2.00 bits per heavy atom. The topological polar surface area (TPSA) is 97.0 Å². The normalized spacial score (nSPS) is 13.7. The molecule has 2 rings (SSSR count). The maximum atomic E-state index is 14.3. The number of benzene rings is 2. The van der Waals surface area contributed by atoms with Gasteiger partial charge in [0.1, 0.15) is 23.4 Å². The molecular weight excluding hydrogens is 506 g/mol. The van der Waals surface area contributed by atoms with Crippen molar-refractivity contribution in [2.24, 2.45) is 5.92 Å². The highest BCUT2D eigenvalue weighted by atomic mass is 16.6. The molecule has 0 bridgehead atoms. The third-order valence-electron chi connectivity index (χ3n) is 6.60. The molecule has 0 aliphatic heterocycles. The molecule has 0 saturated heterocycles. The predicted octanol–water partition coefficient (Wildman–Crippen LogP) is 6.50. The van der Waals surface area contributed by atoms with Gasteiger partial charge in [-0.3, -0.25) is 9.59 Å². The molecule has 3 atom stereocenters. The van der Waals surface area contributed by atoms with E-state index in [0.717, 1.165) is 12.0 Å². The number of alkyl carbamates (subject to hydrolysis) is 1. The van der Waals surface area contributed by atoms with Crippen molar-refractivity contribution in [3.05, 3.63) is 59.7 Å². The Bertz CT molecular complexity index is 1110. The number of methoxy groups -OCH3 is 1. The van der Waals surface area contributed by atoms with Gasteiger partial charge in [-0.2, -0.15) is 0 Å². The first-order chi connectivity index (χ1) is 18.8. The second kappa shape index (κ2) is 14.7. The summed E-state index contributed by atoms with van der Waals surface area (Å²) in [5.74, 6) is 0.107. The van der Waals surface area contributed by atoms with Crippen LogP contribution in [0.25, 0.3) is 0 Å². The van der Waals surface area contributed by atoms with E-state index in [1.54, 1.807) is 57.0 Å². The maximum Gasteiger partial charge on any atom is 0.408 e. The van der Waals surface area contributed by atoms with Gasteiger partial charge >= 0.3 is 6.09 Å². The summed E-state index contributed by atoms with van der Waals surface area (Å²) in [7, 11) is 1.58. The number of rotatable bonds is 12. The fourth-order valence-corrected chi connectivity index (χ4v) is 4.38. The number of anilines is 1. The molecule has 0 radical (unpaired) electrons. The minimum Gasteiger partial charge on any atom is -0.497 e. The van der Waals surface area contributed by atoms with Gasteiger partial charge in [0.2, 0.25) is 5.91 Å². The lowest BCUT2D eigenvalue weighted by atomic mass is 9.96. The zero-order chi connectivity index (χ0) is 30.0. The van der Waals surface area contributed by atoms with Crippen molar-refractivity contribution in [2.75, 3.05) is 12.4 Å². The summed E-state index contributed by atoms with van der Waals surface area (Å²) in [6.45, 7) is 15.3. The van der Waals surface area contributed by atoms with Crippen molar-refractivity contribution in [1.82, 2.24) is 10.2 Å². The molecule has 0 saturated carbocycles. The summed E-state index contributed by atoms with van der Waals surface area (Å²) in [4.78, 5) is 42.7. The third-order valence-corrected chi connectivity index (χ3v) is 6.60. The van der Waals surface area contributed by atoms with Crippen LogP contribution in [-0.2, 0) is 20.7 Å². The molecule has 0 fully saturated rings. The van der Waals surface area contributed by atoms with Crippen LogP contribution in [0.3, 0.4) is 0 Å². The van der Waals surface area contributed by atoms with Crippen LogP contribution < -0.4 is 15.4 Å². The Balaban J connectivity index is 2.56. The maximum absolute atomic E-state index is 14.3. The quantitative estimate of drug-likeness (QED) is 0.313. The van der Waals surface area contributed by atoms with Crippen molar-refractivity contribution in [3.63, 3.8) is 0 Å². The summed E-state index contributed by atoms with van der Waals surface area (Å²) in [5.41, 5.74) is 1.69. The van der Waals surface area contributed by atoms with Gasteiger partial charge in [-0.05, 0) is 88.3 Å². The molecule has 2 aromatic carbocycles. The molecule has 8 heteroatoms. The van der Waals surface area contributed by atoms with E-state index in [9.17, 15) is 14.4 Å². The molecule has 0 aliphatic carbocycles. The monoisotopic (exact) mass is 553 g/mol. The fourth-order valence-electron chi connectivity index (χ4n) is 4.38. The van der Waals surface area contributed by atoms with Crippen LogP contribution in [0.2, 0.25) is 0 Å². The van der Waals surface area contributed by atoms with Gasteiger partial charge in [0.15, 0.2) is 0 Å². The molecule has 0 aromatic heterocycles. The average molecular weight is 554 g/mol. The molecule has 0 aliphatic rings. The van der Waals surface area contributed by atoms with E-state index in [-0.39, 0.29) is 23.8 Å². The first-order valence-electron chi connectivity index (χ1n) is 14.1. The molecule has 40 heavy (non-hydrogen) atoms. The van der Waals surface area contributed by atoms with Crippen LogP contribution in [0.4, 0.5) is 10.5 Å². The smallest absolute Gasteiger partial charge is 0.408 e. The van der Waals surface area contributed by atoms with Crippen molar-refractivity contribution in [2.45, 2.75) is 98.4 Å². The number of hydrogen-bond donors (Lipinski definition) is 2. The summed E-state index contributed by atoms with van der Waals surface area (Å²) >= 11 is 0. The lowest BCUT2D eigenvalue weighted by Crippen LogP contribution is -2.55. The molecular formula is C32H47N3O5. The first kappa shape index (κ1) is 32.7. The number of carbonyl (C=O) groups is 3. The van der Waals surface area contributed by atoms with Gasteiger partial charge in [-0.15, -0.1) is 0 Å². The molecule has 2 N–H and O–H groups in total. The SMILES string of the molecule is CCc1ccc(C(C(=O)Nc2ccc(OC)cc2)N(C(=O)C(CC(C)C)NC(=O)OC(C)(C)C)C(C)CC)cc1. The second-order valence-corrected chi connectivity index (χ2v) is 11.5. The van der Waals surface area contributed by atoms with E-state index in [4.69, 9.17) is 9.47 Å². The highest BCUT2D eigenvalue weighted by Crippen LogP contribution is 2.29. The van der Waals surface area contributed by atoms with Crippen LogP contribution in [-0.4, -0.2) is 47.6 Å². The highest BCUT2D eigenvalue weighted by molar-refractivity contribution is 5.99. The van der Waals surface area contributed by atoms with Crippen LogP contribution in [0.1, 0.15) is 85.4 Å². The van der Waals surface area contributed by atoms with Crippen molar-refractivity contribution in [1.29, 1.82) is 0 Å². The lowest BCUT2D eigenvalue weighted by Gasteiger charge is -2.38. The molecule has 0 spiro atoms. The Morgan fingerprint density at radius 2 is 1.52 bits per heavy atom. The largest absolute Gasteiger partial charge is 0.497 e. The predicted molar refractivity (Wildman–Crippen MR) is 159 cm³/mol. The van der Waals surface area contributed by atoms with E-state index in [1.807, 2.05) is 52.0 Å².